The van der Waals surface area contributed by atoms with Crippen molar-refractivity contribution in [2.24, 2.45) is 0 Å². The molecule has 16 heavy (non-hydrogen) atoms. The van der Waals surface area contributed by atoms with Crippen LogP contribution < -0.4 is 5.32 Å². The van der Waals surface area contributed by atoms with E-state index in [0.29, 0.717) is 0 Å². The third kappa shape index (κ3) is 2.10. The Hall–Kier alpha value is -1.34. The molecule has 0 saturated heterocycles. The van der Waals surface area contributed by atoms with Gasteiger partial charge in [0, 0.05) is 4.88 Å². The van der Waals surface area contributed by atoms with Crippen LogP contribution in [0.3, 0.4) is 0 Å². The number of rotatable bonds is 2. The van der Waals surface area contributed by atoms with Crippen LogP contribution in [-0.2, 0) is 12.8 Å². The van der Waals surface area contributed by atoms with E-state index < -0.39 is 5.54 Å². The van der Waals surface area contributed by atoms with E-state index in [2.05, 4.69) is 11.4 Å². The molecule has 0 aromatic carbocycles. The van der Waals surface area contributed by atoms with E-state index in [9.17, 15) is 4.79 Å². The summed E-state index contributed by atoms with van der Waals surface area (Å²) in [7, 11) is 0. The molecule has 0 fully saturated rings. The van der Waals surface area contributed by atoms with Crippen LogP contribution >= 0.6 is 11.3 Å². The summed E-state index contributed by atoms with van der Waals surface area (Å²) in [6, 6.07) is 4.03. The fourth-order valence-corrected chi connectivity index (χ4v) is 2.96. The number of carbonyl (C=O) groups excluding carboxylic acids is 1. The average Bonchev–Trinajstić information content (AvgIpc) is 2.75. The van der Waals surface area contributed by atoms with Gasteiger partial charge in [-0.05, 0) is 44.7 Å². The Morgan fingerprint density at radius 1 is 1.56 bits per heavy atom. The predicted molar refractivity (Wildman–Crippen MR) is 63.5 cm³/mol. The molecule has 1 aromatic rings. The van der Waals surface area contributed by atoms with Gasteiger partial charge < -0.3 is 5.32 Å². The number of carbonyl (C=O) groups is 1. The first kappa shape index (κ1) is 11.2. The van der Waals surface area contributed by atoms with Crippen molar-refractivity contribution in [1.82, 2.24) is 5.32 Å². The summed E-state index contributed by atoms with van der Waals surface area (Å²) in [5.74, 6) is -0.133. The van der Waals surface area contributed by atoms with Gasteiger partial charge >= 0.3 is 0 Å². The van der Waals surface area contributed by atoms with Crippen molar-refractivity contribution in [1.29, 1.82) is 5.26 Å². The second-order valence-corrected chi connectivity index (χ2v) is 5.74. The van der Waals surface area contributed by atoms with Crippen molar-refractivity contribution in [3.05, 3.63) is 21.4 Å². The second kappa shape index (κ2) is 3.91. The molecular formula is C12H14N2OS. The molecule has 2 rings (SSSR count). The highest BCUT2D eigenvalue weighted by Crippen LogP contribution is 2.30. The van der Waals surface area contributed by atoms with Crippen molar-refractivity contribution >= 4 is 17.2 Å². The van der Waals surface area contributed by atoms with Crippen LogP contribution in [0.25, 0.3) is 0 Å². The molecular weight excluding hydrogens is 220 g/mol. The number of nitrogens with one attached hydrogen (secondary N) is 1. The monoisotopic (exact) mass is 234 g/mol. The van der Waals surface area contributed by atoms with E-state index in [1.807, 2.05) is 6.07 Å². The van der Waals surface area contributed by atoms with E-state index in [-0.39, 0.29) is 5.91 Å². The lowest BCUT2D eigenvalue weighted by Crippen LogP contribution is -2.41. The molecule has 0 aliphatic heterocycles. The van der Waals surface area contributed by atoms with Crippen LogP contribution in [0, 0.1) is 11.3 Å². The Labute approximate surface area is 99.1 Å². The van der Waals surface area contributed by atoms with E-state index in [0.717, 1.165) is 17.7 Å². The predicted octanol–water partition coefficient (Wildman–Crippen LogP) is 2.27. The summed E-state index contributed by atoms with van der Waals surface area (Å²) < 4.78 is 0. The summed E-state index contributed by atoms with van der Waals surface area (Å²) in [4.78, 5) is 13.9. The van der Waals surface area contributed by atoms with Crippen LogP contribution in [0.15, 0.2) is 6.07 Å². The molecule has 0 spiro atoms. The Kier molecular flexibility index (Phi) is 2.73. The third-order valence-corrected chi connectivity index (χ3v) is 3.91. The molecule has 1 aliphatic rings. The zero-order valence-corrected chi connectivity index (χ0v) is 10.3. The van der Waals surface area contributed by atoms with Gasteiger partial charge in [0.2, 0.25) is 0 Å². The van der Waals surface area contributed by atoms with Gasteiger partial charge in [-0.15, -0.1) is 11.3 Å². The maximum atomic E-state index is 11.9. The third-order valence-electron chi connectivity index (χ3n) is 2.68. The fourth-order valence-electron chi connectivity index (χ4n) is 1.81. The number of nitrogens with zero attached hydrogens (tertiary/aromatic N) is 1. The van der Waals surface area contributed by atoms with Crippen LogP contribution in [0.4, 0.5) is 0 Å². The highest BCUT2D eigenvalue weighted by Gasteiger charge is 2.23. The van der Waals surface area contributed by atoms with E-state index in [4.69, 9.17) is 5.26 Å². The fraction of sp³-hybridized carbons (Fsp3) is 0.500. The molecule has 4 heteroatoms. The summed E-state index contributed by atoms with van der Waals surface area (Å²) in [6.07, 6.45) is 3.38. The van der Waals surface area contributed by atoms with E-state index in [1.165, 1.54) is 16.9 Å². The molecule has 84 valence electrons. The molecule has 0 bridgehead atoms. The second-order valence-electron chi connectivity index (χ2n) is 4.60. The first-order chi connectivity index (χ1) is 7.52. The van der Waals surface area contributed by atoms with E-state index in [1.54, 1.807) is 25.2 Å². The van der Waals surface area contributed by atoms with E-state index >= 15 is 0 Å². The molecule has 3 nitrogen and oxygen atoms in total. The topological polar surface area (TPSA) is 52.9 Å². The van der Waals surface area contributed by atoms with Gasteiger partial charge in [-0.2, -0.15) is 5.26 Å². The lowest BCUT2D eigenvalue weighted by molar-refractivity contribution is 0.0933. The lowest BCUT2D eigenvalue weighted by atomic mass is 10.1. The molecule has 1 heterocycles. The van der Waals surface area contributed by atoms with Crippen molar-refractivity contribution < 1.29 is 4.79 Å². The number of aryl methyl sites for hydroxylation is 2. The highest BCUT2D eigenvalue weighted by atomic mass is 32.1. The van der Waals surface area contributed by atoms with Crippen LogP contribution in [-0.4, -0.2) is 11.4 Å². The first-order valence-corrected chi connectivity index (χ1v) is 6.19. The van der Waals surface area contributed by atoms with Crippen molar-refractivity contribution in [3.8, 4) is 6.07 Å². The molecule has 1 aliphatic carbocycles. The molecule has 1 aromatic heterocycles. The highest BCUT2D eigenvalue weighted by molar-refractivity contribution is 7.14. The van der Waals surface area contributed by atoms with Gasteiger partial charge in [-0.25, -0.2) is 0 Å². The van der Waals surface area contributed by atoms with Crippen molar-refractivity contribution in [2.45, 2.75) is 38.6 Å². The smallest absolute Gasteiger partial charge is 0.262 e. The largest absolute Gasteiger partial charge is 0.334 e. The van der Waals surface area contributed by atoms with Gasteiger partial charge in [0.15, 0.2) is 0 Å². The van der Waals surface area contributed by atoms with Crippen LogP contribution in [0.5, 0.6) is 0 Å². The number of hydrogen-bond donors (Lipinski definition) is 1. The van der Waals surface area contributed by atoms with Crippen molar-refractivity contribution in [2.75, 3.05) is 0 Å². The Bertz CT molecular complexity index is 446. The van der Waals surface area contributed by atoms with Gasteiger partial charge in [0.05, 0.1) is 10.9 Å². The van der Waals surface area contributed by atoms with Gasteiger partial charge in [-0.3, -0.25) is 4.79 Å². The maximum absolute atomic E-state index is 11.9. The Morgan fingerprint density at radius 2 is 2.31 bits per heavy atom. The van der Waals surface area contributed by atoms with Crippen molar-refractivity contribution in [3.63, 3.8) is 0 Å². The molecule has 0 radical (unpaired) electrons. The lowest BCUT2D eigenvalue weighted by Gasteiger charge is -2.16. The maximum Gasteiger partial charge on any atom is 0.262 e. The summed E-state index contributed by atoms with van der Waals surface area (Å²) in [5, 5.41) is 11.6. The zero-order chi connectivity index (χ0) is 11.8. The molecule has 0 unspecified atom stereocenters. The number of nitriles is 1. The minimum Gasteiger partial charge on any atom is -0.334 e. The summed E-state index contributed by atoms with van der Waals surface area (Å²) >= 11 is 1.56. The van der Waals surface area contributed by atoms with Gasteiger partial charge in [0.25, 0.3) is 5.91 Å². The van der Waals surface area contributed by atoms with Gasteiger partial charge in [-0.1, -0.05) is 0 Å². The summed E-state index contributed by atoms with van der Waals surface area (Å²) in [5.41, 5.74) is 0.510. The van der Waals surface area contributed by atoms with Crippen LogP contribution in [0.1, 0.15) is 40.4 Å². The number of thiophene rings is 1. The zero-order valence-electron chi connectivity index (χ0n) is 9.46. The van der Waals surface area contributed by atoms with Gasteiger partial charge in [0.1, 0.15) is 5.54 Å². The standard InChI is InChI=1S/C12H14N2OS/c1-12(2,7-13)14-11(15)10-6-8-4-3-5-9(8)16-10/h6H,3-5H2,1-2H3,(H,14,15). The van der Waals surface area contributed by atoms with Crippen LogP contribution in [0.2, 0.25) is 0 Å². The average molecular weight is 234 g/mol. The quantitative estimate of drug-likeness (QED) is 0.853. The molecule has 0 saturated carbocycles. The molecule has 1 N–H and O–H groups in total. The molecule has 0 atom stereocenters. The minimum atomic E-state index is -0.800. The SMILES string of the molecule is CC(C)(C#N)NC(=O)c1cc2c(s1)CCC2. The Morgan fingerprint density at radius 3 is 2.94 bits per heavy atom. The minimum absolute atomic E-state index is 0.133. The summed E-state index contributed by atoms with van der Waals surface area (Å²) in [6.45, 7) is 3.40. The first-order valence-electron chi connectivity index (χ1n) is 5.37. The number of fused-ring (bicyclic) bond motifs is 1. The normalized spacial score (nSPS) is 14.3. The molecule has 1 amide bonds. The number of hydrogen-bond acceptors (Lipinski definition) is 3. The Balaban J connectivity index is 2.13. The number of amides is 1.